The lowest BCUT2D eigenvalue weighted by atomic mass is 9.86. The number of hydrogen-bond acceptors (Lipinski definition) is 1. The Balaban J connectivity index is 1.59. The van der Waals surface area contributed by atoms with Gasteiger partial charge in [-0.2, -0.15) is 0 Å². The van der Waals surface area contributed by atoms with E-state index in [2.05, 4.69) is 92.2 Å². The molecule has 1 aromatic heterocycles. The zero-order valence-electron chi connectivity index (χ0n) is 19.7. The topological polar surface area (TPSA) is 25.2 Å². The van der Waals surface area contributed by atoms with Gasteiger partial charge in [-0.25, -0.2) is 0 Å². The van der Waals surface area contributed by atoms with Gasteiger partial charge in [0.15, 0.2) is 0 Å². The molecule has 0 radical (unpaired) electrons. The Labute approximate surface area is 197 Å². The van der Waals surface area contributed by atoms with Crippen molar-refractivity contribution in [1.82, 2.24) is 9.47 Å². The largest absolute Gasteiger partial charge is 0.345 e. The van der Waals surface area contributed by atoms with E-state index >= 15 is 0 Å². The molecule has 0 unspecified atom stereocenters. The fourth-order valence-corrected chi connectivity index (χ4v) is 4.02. The standard InChI is InChI=1S/C30H32N2O/c1-30(2,3)27-18-16-26(17-19-27)29(33)32(22-25-13-8-5-9-14-25)23-28-15-10-20-31(28)21-24-11-6-4-7-12-24/h4-20H,21-23H2,1-3H3. The molecule has 0 atom stereocenters. The van der Waals surface area contributed by atoms with Crippen molar-refractivity contribution >= 4 is 5.91 Å². The summed E-state index contributed by atoms with van der Waals surface area (Å²) in [5, 5.41) is 0. The minimum atomic E-state index is 0.0479. The maximum Gasteiger partial charge on any atom is 0.254 e. The molecular formula is C30H32N2O. The Kier molecular flexibility index (Phi) is 6.79. The molecular weight excluding hydrogens is 404 g/mol. The molecule has 0 bridgehead atoms. The van der Waals surface area contributed by atoms with Crippen LogP contribution in [-0.4, -0.2) is 15.4 Å². The summed E-state index contributed by atoms with van der Waals surface area (Å²) in [6.07, 6.45) is 2.09. The zero-order valence-corrected chi connectivity index (χ0v) is 19.7. The predicted molar refractivity (Wildman–Crippen MR) is 135 cm³/mol. The summed E-state index contributed by atoms with van der Waals surface area (Å²) in [5.74, 6) is 0.0479. The second-order valence-electron chi connectivity index (χ2n) is 9.59. The van der Waals surface area contributed by atoms with Gasteiger partial charge < -0.3 is 9.47 Å². The van der Waals surface area contributed by atoms with E-state index in [0.717, 1.165) is 23.4 Å². The minimum Gasteiger partial charge on any atom is -0.345 e. The van der Waals surface area contributed by atoms with E-state index in [1.165, 1.54) is 11.1 Å². The molecule has 168 valence electrons. The SMILES string of the molecule is CC(C)(C)c1ccc(C(=O)N(Cc2ccccc2)Cc2cccn2Cc2ccccc2)cc1. The fraction of sp³-hybridized carbons (Fsp3) is 0.233. The molecule has 3 aromatic carbocycles. The van der Waals surface area contributed by atoms with E-state index in [1.54, 1.807) is 0 Å². The molecule has 0 fully saturated rings. The van der Waals surface area contributed by atoms with Gasteiger partial charge in [-0.1, -0.05) is 93.6 Å². The minimum absolute atomic E-state index is 0.0479. The number of carbonyl (C=O) groups excluding carboxylic acids is 1. The fourth-order valence-electron chi connectivity index (χ4n) is 4.02. The van der Waals surface area contributed by atoms with Crippen molar-refractivity contribution in [1.29, 1.82) is 0 Å². The van der Waals surface area contributed by atoms with Gasteiger partial charge in [0, 0.05) is 30.5 Å². The highest BCUT2D eigenvalue weighted by atomic mass is 16.2. The number of amides is 1. The van der Waals surface area contributed by atoms with E-state index in [1.807, 2.05) is 41.3 Å². The number of carbonyl (C=O) groups is 1. The number of rotatable bonds is 7. The van der Waals surface area contributed by atoms with Gasteiger partial charge in [0.1, 0.15) is 0 Å². The number of benzene rings is 3. The molecule has 33 heavy (non-hydrogen) atoms. The van der Waals surface area contributed by atoms with E-state index in [9.17, 15) is 4.79 Å². The van der Waals surface area contributed by atoms with E-state index in [0.29, 0.717) is 13.1 Å². The summed E-state index contributed by atoms with van der Waals surface area (Å²) < 4.78 is 2.23. The first-order valence-electron chi connectivity index (χ1n) is 11.5. The van der Waals surface area contributed by atoms with Crippen LogP contribution in [0.4, 0.5) is 0 Å². The molecule has 0 spiro atoms. The molecule has 0 N–H and O–H groups in total. The highest BCUT2D eigenvalue weighted by Crippen LogP contribution is 2.23. The lowest BCUT2D eigenvalue weighted by molar-refractivity contribution is 0.0726. The van der Waals surface area contributed by atoms with Crippen molar-refractivity contribution < 1.29 is 4.79 Å². The highest BCUT2D eigenvalue weighted by Gasteiger charge is 2.20. The van der Waals surface area contributed by atoms with Crippen LogP contribution >= 0.6 is 0 Å². The Bertz CT molecular complexity index is 1170. The maximum absolute atomic E-state index is 13.6. The molecule has 0 aliphatic carbocycles. The monoisotopic (exact) mass is 436 g/mol. The lowest BCUT2D eigenvalue weighted by Crippen LogP contribution is -2.31. The van der Waals surface area contributed by atoms with Gasteiger partial charge in [-0.3, -0.25) is 4.79 Å². The van der Waals surface area contributed by atoms with Crippen molar-refractivity contribution in [2.75, 3.05) is 0 Å². The van der Waals surface area contributed by atoms with Crippen LogP contribution in [0, 0.1) is 0 Å². The maximum atomic E-state index is 13.6. The lowest BCUT2D eigenvalue weighted by Gasteiger charge is -2.25. The number of nitrogens with zero attached hydrogens (tertiary/aromatic N) is 2. The third-order valence-corrected chi connectivity index (χ3v) is 5.97. The van der Waals surface area contributed by atoms with Gasteiger partial charge >= 0.3 is 0 Å². The van der Waals surface area contributed by atoms with Crippen LogP contribution in [0.15, 0.2) is 103 Å². The van der Waals surface area contributed by atoms with Crippen molar-refractivity contribution in [3.05, 3.63) is 131 Å². The third-order valence-electron chi connectivity index (χ3n) is 5.97. The summed E-state index contributed by atoms with van der Waals surface area (Å²) in [5.41, 5.74) is 5.50. The van der Waals surface area contributed by atoms with Crippen LogP contribution in [0.5, 0.6) is 0 Å². The number of aromatic nitrogens is 1. The molecule has 0 aliphatic rings. The van der Waals surface area contributed by atoms with Crippen LogP contribution in [-0.2, 0) is 25.0 Å². The van der Waals surface area contributed by atoms with Gasteiger partial charge in [0.05, 0.1) is 6.54 Å². The van der Waals surface area contributed by atoms with E-state index in [-0.39, 0.29) is 11.3 Å². The van der Waals surface area contributed by atoms with Gasteiger partial charge in [0.25, 0.3) is 5.91 Å². The van der Waals surface area contributed by atoms with Crippen molar-refractivity contribution in [3.63, 3.8) is 0 Å². The first-order valence-corrected chi connectivity index (χ1v) is 11.5. The molecule has 3 heteroatoms. The van der Waals surface area contributed by atoms with Crippen molar-refractivity contribution in [2.24, 2.45) is 0 Å². The quantitative estimate of drug-likeness (QED) is 0.317. The molecule has 3 nitrogen and oxygen atoms in total. The highest BCUT2D eigenvalue weighted by molar-refractivity contribution is 5.94. The van der Waals surface area contributed by atoms with Crippen LogP contribution in [0.25, 0.3) is 0 Å². The van der Waals surface area contributed by atoms with Gasteiger partial charge in [0.2, 0.25) is 0 Å². The molecule has 1 amide bonds. The summed E-state index contributed by atoms with van der Waals surface area (Å²) >= 11 is 0. The summed E-state index contributed by atoms with van der Waals surface area (Å²) in [6.45, 7) is 8.47. The second-order valence-corrected chi connectivity index (χ2v) is 9.59. The molecule has 1 heterocycles. The number of hydrogen-bond donors (Lipinski definition) is 0. The van der Waals surface area contributed by atoms with Crippen LogP contribution in [0.2, 0.25) is 0 Å². The van der Waals surface area contributed by atoms with Crippen molar-refractivity contribution in [2.45, 2.75) is 45.8 Å². The summed E-state index contributed by atoms with van der Waals surface area (Å²) in [6, 6.07) is 32.9. The Hall–Kier alpha value is -3.59. The summed E-state index contributed by atoms with van der Waals surface area (Å²) in [7, 11) is 0. The molecule has 4 rings (SSSR count). The summed E-state index contributed by atoms with van der Waals surface area (Å²) in [4.78, 5) is 15.6. The van der Waals surface area contributed by atoms with Gasteiger partial charge in [-0.05, 0) is 46.4 Å². The Morgan fingerprint density at radius 3 is 1.94 bits per heavy atom. The van der Waals surface area contributed by atoms with E-state index < -0.39 is 0 Å². The average Bonchev–Trinajstić information content (AvgIpc) is 3.25. The Morgan fingerprint density at radius 2 is 1.33 bits per heavy atom. The molecule has 0 saturated heterocycles. The van der Waals surface area contributed by atoms with Crippen LogP contribution < -0.4 is 0 Å². The molecule has 0 aliphatic heterocycles. The normalized spacial score (nSPS) is 11.4. The zero-order chi connectivity index (χ0) is 23.3. The first kappa shape index (κ1) is 22.6. The average molecular weight is 437 g/mol. The molecule has 0 saturated carbocycles. The first-order chi connectivity index (χ1) is 15.9. The van der Waals surface area contributed by atoms with Gasteiger partial charge in [-0.15, -0.1) is 0 Å². The predicted octanol–water partition coefficient (Wildman–Crippen LogP) is 6.68. The Morgan fingerprint density at radius 1 is 0.727 bits per heavy atom. The second kappa shape index (κ2) is 9.91. The van der Waals surface area contributed by atoms with Crippen LogP contribution in [0.3, 0.4) is 0 Å². The van der Waals surface area contributed by atoms with E-state index in [4.69, 9.17) is 0 Å². The third kappa shape index (κ3) is 5.81. The van der Waals surface area contributed by atoms with Crippen molar-refractivity contribution in [3.8, 4) is 0 Å². The smallest absolute Gasteiger partial charge is 0.254 e. The van der Waals surface area contributed by atoms with Crippen LogP contribution in [0.1, 0.15) is 53.5 Å². The molecule has 4 aromatic rings.